The number of aryl methyl sites for hydroxylation is 3. The molecule has 0 spiro atoms. The van der Waals surface area contributed by atoms with Gasteiger partial charge in [-0.2, -0.15) is 0 Å². The highest BCUT2D eigenvalue weighted by Crippen LogP contribution is 2.34. The van der Waals surface area contributed by atoms with E-state index < -0.39 is 0 Å². The molecular formula is C20H32N4O2. The van der Waals surface area contributed by atoms with E-state index in [1.165, 1.54) is 19.3 Å². The van der Waals surface area contributed by atoms with Gasteiger partial charge < -0.3 is 15.4 Å². The van der Waals surface area contributed by atoms with Crippen LogP contribution in [-0.2, 0) is 4.74 Å². The maximum Gasteiger partial charge on any atom is 0.319 e. The second-order valence-corrected chi connectivity index (χ2v) is 7.73. The average Bonchev–Trinajstić information content (AvgIpc) is 2.64. The van der Waals surface area contributed by atoms with Crippen LogP contribution in [0.1, 0.15) is 49.1 Å². The Morgan fingerprint density at radius 1 is 1.19 bits per heavy atom. The van der Waals surface area contributed by atoms with Crippen LogP contribution in [0.2, 0.25) is 0 Å². The minimum Gasteiger partial charge on any atom is -0.379 e. The zero-order chi connectivity index (χ0) is 18.6. The Labute approximate surface area is 156 Å². The number of ether oxygens (including phenoxy) is 1. The summed E-state index contributed by atoms with van der Waals surface area (Å²) in [6.07, 6.45) is 6.07. The lowest BCUT2D eigenvalue weighted by molar-refractivity contribution is -0.0356. The first-order valence-corrected chi connectivity index (χ1v) is 9.83. The lowest BCUT2D eigenvalue weighted by Gasteiger charge is -2.48. The van der Waals surface area contributed by atoms with E-state index >= 15 is 0 Å². The van der Waals surface area contributed by atoms with Crippen LogP contribution in [0.15, 0.2) is 6.07 Å². The Balaban J connectivity index is 1.64. The maximum absolute atomic E-state index is 12.6. The van der Waals surface area contributed by atoms with Gasteiger partial charge in [-0.1, -0.05) is 19.3 Å². The number of carbonyl (C=O) groups is 1. The number of anilines is 1. The molecule has 144 valence electrons. The average molecular weight is 361 g/mol. The third-order valence-corrected chi connectivity index (χ3v) is 5.81. The zero-order valence-corrected chi connectivity index (χ0v) is 16.4. The SMILES string of the molecule is Cc1cc(C)c(NC(=O)NCC2(N3CCOCC3)CCCCC2)c(C)n1. The number of nitrogens with zero attached hydrogens (tertiary/aromatic N) is 2. The summed E-state index contributed by atoms with van der Waals surface area (Å²) in [6.45, 7) is 10.1. The zero-order valence-electron chi connectivity index (χ0n) is 16.4. The number of morpholine rings is 1. The van der Waals surface area contributed by atoms with E-state index in [2.05, 4.69) is 20.5 Å². The molecule has 0 aromatic carbocycles. The Bertz CT molecular complexity index is 612. The minimum atomic E-state index is -0.139. The van der Waals surface area contributed by atoms with Gasteiger partial charge in [0.1, 0.15) is 0 Å². The summed E-state index contributed by atoms with van der Waals surface area (Å²) in [5.74, 6) is 0. The Kier molecular flexibility index (Phi) is 6.14. The molecule has 2 heterocycles. The Morgan fingerprint density at radius 3 is 2.54 bits per heavy atom. The molecule has 1 aromatic rings. The van der Waals surface area contributed by atoms with Gasteiger partial charge in [-0.15, -0.1) is 0 Å². The lowest BCUT2D eigenvalue weighted by Crippen LogP contribution is -2.60. The van der Waals surface area contributed by atoms with E-state index in [9.17, 15) is 4.79 Å². The quantitative estimate of drug-likeness (QED) is 0.865. The van der Waals surface area contributed by atoms with Crippen LogP contribution in [0.25, 0.3) is 0 Å². The van der Waals surface area contributed by atoms with Crippen molar-refractivity contribution in [1.82, 2.24) is 15.2 Å². The van der Waals surface area contributed by atoms with Crippen LogP contribution in [0, 0.1) is 20.8 Å². The highest BCUT2D eigenvalue weighted by Gasteiger charge is 2.38. The van der Waals surface area contributed by atoms with Crippen molar-refractivity contribution >= 4 is 11.7 Å². The van der Waals surface area contributed by atoms with Crippen molar-refractivity contribution in [3.63, 3.8) is 0 Å². The number of hydrogen-bond donors (Lipinski definition) is 2. The first kappa shape index (κ1) is 19.1. The van der Waals surface area contributed by atoms with Gasteiger partial charge in [0.2, 0.25) is 0 Å². The number of hydrogen-bond acceptors (Lipinski definition) is 4. The van der Waals surface area contributed by atoms with E-state index in [-0.39, 0.29) is 11.6 Å². The predicted octanol–water partition coefficient (Wildman–Crippen LogP) is 3.16. The molecule has 0 atom stereocenters. The molecule has 2 aliphatic rings. The molecule has 0 bridgehead atoms. The first-order valence-electron chi connectivity index (χ1n) is 9.83. The number of aromatic nitrogens is 1. The van der Waals surface area contributed by atoms with E-state index in [1.54, 1.807) is 0 Å². The molecule has 3 rings (SSSR count). The third-order valence-electron chi connectivity index (χ3n) is 5.81. The van der Waals surface area contributed by atoms with Crippen molar-refractivity contribution in [1.29, 1.82) is 0 Å². The number of pyridine rings is 1. The van der Waals surface area contributed by atoms with Crippen LogP contribution < -0.4 is 10.6 Å². The van der Waals surface area contributed by atoms with E-state index in [0.29, 0.717) is 6.54 Å². The monoisotopic (exact) mass is 360 g/mol. The summed E-state index contributed by atoms with van der Waals surface area (Å²) in [5, 5.41) is 6.16. The molecule has 0 unspecified atom stereocenters. The number of carbonyl (C=O) groups excluding carboxylic acids is 1. The molecular weight excluding hydrogens is 328 g/mol. The molecule has 26 heavy (non-hydrogen) atoms. The fourth-order valence-corrected chi connectivity index (χ4v) is 4.47. The molecule has 2 N–H and O–H groups in total. The smallest absolute Gasteiger partial charge is 0.319 e. The first-order chi connectivity index (χ1) is 12.5. The van der Waals surface area contributed by atoms with E-state index in [4.69, 9.17) is 4.74 Å². The number of rotatable bonds is 4. The summed E-state index contributed by atoms with van der Waals surface area (Å²) in [6, 6.07) is 1.86. The number of urea groups is 1. The summed E-state index contributed by atoms with van der Waals surface area (Å²) in [4.78, 5) is 19.6. The second kappa shape index (κ2) is 8.35. The molecule has 1 aliphatic heterocycles. The van der Waals surface area contributed by atoms with Gasteiger partial charge in [-0.3, -0.25) is 9.88 Å². The summed E-state index contributed by atoms with van der Waals surface area (Å²) >= 11 is 0. The molecule has 1 aliphatic carbocycles. The topological polar surface area (TPSA) is 66.5 Å². The van der Waals surface area contributed by atoms with Crippen molar-refractivity contribution in [3.05, 3.63) is 23.0 Å². The molecule has 2 amide bonds. The predicted molar refractivity (Wildman–Crippen MR) is 104 cm³/mol. The normalized spacial score (nSPS) is 20.6. The maximum atomic E-state index is 12.6. The molecule has 1 aromatic heterocycles. The molecule has 1 saturated carbocycles. The fourth-order valence-electron chi connectivity index (χ4n) is 4.47. The van der Waals surface area contributed by atoms with Crippen LogP contribution >= 0.6 is 0 Å². The van der Waals surface area contributed by atoms with Crippen molar-refractivity contribution in [3.8, 4) is 0 Å². The van der Waals surface area contributed by atoms with Gasteiger partial charge in [-0.05, 0) is 45.2 Å². The molecule has 6 nitrogen and oxygen atoms in total. The van der Waals surface area contributed by atoms with Gasteiger partial charge >= 0.3 is 6.03 Å². The molecule has 1 saturated heterocycles. The molecule has 0 radical (unpaired) electrons. The second-order valence-electron chi connectivity index (χ2n) is 7.73. The minimum absolute atomic E-state index is 0.0784. The van der Waals surface area contributed by atoms with Crippen molar-refractivity contribution in [2.24, 2.45) is 0 Å². The van der Waals surface area contributed by atoms with Crippen LogP contribution in [0.3, 0.4) is 0 Å². The van der Waals surface area contributed by atoms with Crippen molar-refractivity contribution in [2.45, 2.75) is 58.4 Å². The highest BCUT2D eigenvalue weighted by molar-refractivity contribution is 5.90. The van der Waals surface area contributed by atoms with Gasteiger partial charge in [0.05, 0.1) is 24.6 Å². The Morgan fingerprint density at radius 2 is 1.88 bits per heavy atom. The van der Waals surface area contributed by atoms with Crippen molar-refractivity contribution < 1.29 is 9.53 Å². The standard InChI is InChI=1S/C20H32N4O2/c1-15-13-16(2)22-17(3)18(15)23-19(25)21-14-20(7-5-4-6-8-20)24-9-11-26-12-10-24/h13H,4-12,14H2,1-3H3,(H2,21,23,25). The van der Waals surface area contributed by atoms with Crippen molar-refractivity contribution in [2.75, 3.05) is 38.2 Å². The summed E-state index contributed by atoms with van der Waals surface area (Å²) in [5.41, 5.74) is 3.77. The number of amides is 2. The molecule has 2 fully saturated rings. The highest BCUT2D eigenvalue weighted by atomic mass is 16.5. The van der Waals surface area contributed by atoms with Gasteiger partial charge in [0.25, 0.3) is 0 Å². The summed E-state index contributed by atoms with van der Waals surface area (Å²) < 4.78 is 5.53. The van der Waals surface area contributed by atoms with Crippen LogP contribution in [0.4, 0.5) is 10.5 Å². The van der Waals surface area contributed by atoms with Gasteiger partial charge in [-0.25, -0.2) is 4.79 Å². The van der Waals surface area contributed by atoms with Crippen LogP contribution in [-0.4, -0.2) is 54.3 Å². The fraction of sp³-hybridized carbons (Fsp3) is 0.700. The van der Waals surface area contributed by atoms with E-state index in [0.717, 1.165) is 61.8 Å². The number of nitrogens with one attached hydrogen (secondary N) is 2. The largest absolute Gasteiger partial charge is 0.379 e. The van der Waals surface area contributed by atoms with Crippen LogP contribution in [0.5, 0.6) is 0 Å². The van der Waals surface area contributed by atoms with Gasteiger partial charge in [0.15, 0.2) is 0 Å². The summed E-state index contributed by atoms with van der Waals surface area (Å²) in [7, 11) is 0. The Hall–Kier alpha value is -1.66. The lowest BCUT2D eigenvalue weighted by atomic mass is 9.80. The van der Waals surface area contributed by atoms with Gasteiger partial charge in [0, 0.05) is 30.9 Å². The molecule has 6 heteroatoms. The third kappa shape index (κ3) is 4.35. The van der Waals surface area contributed by atoms with E-state index in [1.807, 2.05) is 26.8 Å².